The van der Waals surface area contributed by atoms with Crippen LogP contribution < -0.4 is 5.73 Å². The Balaban J connectivity index is 1.87. The first-order valence-electron chi connectivity index (χ1n) is 6.40. The van der Waals surface area contributed by atoms with Crippen LogP contribution in [0.25, 0.3) is 0 Å². The summed E-state index contributed by atoms with van der Waals surface area (Å²) in [4.78, 5) is 25.4. The highest BCUT2D eigenvalue weighted by Gasteiger charge is 2.34. The number of thioether (sulfide) groups is 1. The molecule has 0 saturated heterocycles. The van der Waals surface area contributed by atoms with Gasteiger partial charge in [-0.1, -0.05) is 12.1 Å². The van der Waals surface area contributed by atoms with Crippen molar-refractivity contribution in [1.29, 1.82) is 0 Å². The quantitative estimate of drug-likeness (QED) is 0.636. The van der Waals surface area contributed by atoms with Crippen LogP contribution in [-0.4, -0.2) is 40.8 Å². The summed E-state index contributed by atoms with van der Waals surface area (Å²) in [5.74, 6) is 1.38. The van der Waals surface area contributed by atoms with Crippen molar-refractivity contribution in [2.24, 2.45) is 5.73 Å². The Hall–Kier alpha value is -1.33. The van der Waals surface area contributed by atoms with Crippen LogP contribution in [0.15, 0.2) is 24.3 Å². The third kappa shape index (κ3) is 3.16. The van der Waals surface area contributed by atoms with Crippen LogP contribution in [0.3, 0.4) is 0 Å². The molecule has 1 aliphatic heterocycles. The first kappa shape index (κ1) is 14.1. The zero-order chi connectivity index (χ0) is 13.8. The van der Waals surface area contributed by atoms with E-state index in [0.29, 0.717) is 17.7 Å². The molecule has 1 aromatic carbocycles. The molecule has 1 unspecified atom stereocenters. The van der Waals surface area contributed by atoms with Gasteiger partial charge in [0.15, 0.2) is 0 Å². The SMILES string of the molecule is CC(N)CCSCCN1C(=O)c2ccccc2C1=O. The summed E-state index contributed by atoms with van der Waals surface area (Å²) in [5.41, 5.74) is 6.71. The van der Waals surface area contributed by atoms with Crippen LogP contribution in [-0.2, 0) is 0 Å². The predicted octanol–water partition coefficient (Wildman–Crippen LogP) is 1.75. The van der Waals surface area contributed by atoms with Gasteiger partial charge in [-0.2, -0.15) is 11.8 Å². The predicted molar refractivity (Wildman–Crippen MR) is 77.4 cm³/mol. The molecule has 1 aromatic rings. The fourth-order valence-electron chi connectivity index (χ4n) is 1.97. The number of carbonyl (C=O) groups excluding carboxylic acids is 2. The van der Waals surface area contributed by atoms with Gasteiger partial charge in [-0.05, 0) is 31.2 Å². The Labute approximate surface area is 117 Å². The maximum Gasteiger partial charge on any atom is 0.261 e. The lowest BCUT2D eigenvalue weighted by Crippen LogP contribution is -2.32. The molecule has 2 N–H and O–H groups in total. The molecule has 102 valence electrons. The number of amides is 2. The number of benzene rings is 1. The second-order valence-corrected chi connectivity index (χ2v) is 5.91. The monoisotopic (exact) mass is 278 g/mol. The summed E-state index contributed by atoms with van der Waals surface area (Å²) in [6.45, 7) is 2.45. The highest BCUT2D eigenvalue weighted by Crippen LogP contribution is 2.22. The standard InChI is InChI=1S/C14H18N2O2S/c1-10(15)6-8-19-9-7-16-13(17)11-4-2-3-5-12(11)14(16)18/h2-5,10H,6-9,15H2,1H3. The Morgan fingerprint density at radius 3 is 2.26 bits per heavy atom. The molecule has 0 spiro atoms. The summed E-state index contributed by atoms with van der Waals surface area (Å²) in [5, 5.41) is 0. The molecule has 4 nitrogen and oxygen atoms in total. The molecular weight excluding hydrogens is 260 g/mol. The molecule has 0 aliphatic carbocycles. The maximum absolute atomic E-state index is 12.1. The zero-order valence-electron chi connectivity index (χ0n) is 11.0. The molecule has 0 saturated carbocycles. The van der Waals surface area contributed by atoms with E-state index in [9.17, 15) is 9.59 Å². The molecule has 0 fully saturated rings. The molecule has 0 aromatic heterocycles. The van der Waals surface area contributed by atoms with Crippen LogP contribution >= 0.6 is 11.8 Å². The lowest BCUT2D eigenvalue weighted by atomic mass is 10.1. The van der Waals surface area contributed by atoms with Crippen LogP contribution in [0.5, 0.6) is 0 Å². The fraction of sp³-hybridized carbons (Fsp3) is 0.429. The molecule has 0 radical (unpaired) electrons. The van der Waals surface area contributed by atoms with Crippen molar-refractivity contribution in [2.75, 3.05) is 18.1 Å². The number of carbonyl (C=O) groups is 2. The van der Waals surface area contributed by atoms with Gasteiger partial charge in [-0.15, -0.1) is 0 Å². The van der Waals surface area contributed by atoms with Gasteiger partial charge in [-0.25, -0.2) is 0 Å². The van der Waals surface area contributed by atoms with Crippen molar-refractivity contribution in [1.82, 2.24) is 4.90 Å². The largest absolute Gasteiger partial charge is 0.328 e. The topological polar surface area (TPSA) is 63.4 Å². The van der Waals surface area contributed by atoms with Gasteiger partial charge in [0.2, 0.25) is 0 Å². The minimum absolute atomic E-state index is 0.173. The van der Waals surface area contributed by atoms with Gasteiger partial charge >= 0.3 is 0 Å². The molecule has 19 heavy (non-hydrogen) atoms. The molecule has 1 aliphatic rings. The third-order valence-electron chi connectivity index (χ3n) is 3.05. The van der Waals surface area contributed by atoms with Crippen LogP contribution in [0.1, 0.15) is 34.1 Å². The number of nitrogens with two attached hydrogens (primary N) is 1. The van der Waals surface area contributed by atoms with E-state index in [-0.39, 0.29) is 17.9 Å². The van der Waals surface area contributed by atoms with E-state index in [2.05, 4.69) is 0 Å². The number of nitrogens with zero attached hydrogens (tertiary/aromatic N) is 1. The van der Waals surface area contributed by atoms with Gasteiger partial charge in [0.25, 0.3) is 11.8 Å². The summed E-state index contributed by atoms with van der Waals surface area (Å²) in [7, 11) is 0. The van der Waals surface area contributed by atoms with E-state index in [4.69, 9.17) is 5.73 Å². The number of hydrogen-bond donors (Lipinski definition) is 1. The Kier molecular flexibility index (Phi) is 4.61. The van der Waals surface area contributed by atoms with E-state index in [1.54, 1.807) is 36.0 Å². The van der Waals surface area contributed by atoms with Crippen molar-refractivity contribution in [3.8, 4) is 0 Å². The van der Waals surface area contributed by atoms with Crippen molar-refractivity contribution < 1.29 is 9.59 Å². The smallest absolute Gasteiger partial charge is 0.261 e. The molecule has 2 amide bonds. The second-order valence-electron chi connectivity index (χ2n) is 4.69. The van der Waals surface area contributed by atoms with Gasteiger partial charge in [0.05, 0.1) is 11.1 Å². The second kappa shape index (κ2) is 6.21. The lowest BCUT2D eigenvalue weighted by Gasteiger charge is -2.13. The van der Waals surface area contributed by atoms with E-state index >= 15 is 0 Å². The molecule has 1 heterocycles. The minimum Gasteiger partial charge on any atom is -0.328 e. The van der Waals surface area contributed by atoms with Gasteiger partial charge in [-0.3, -0.25) is 14.5 Å². The number of fused-ring (bicyclic) bond motifs is 1. The zero-order valence-corrected chi connectivity index (χ0v) is 11.8. The molecule has 1 atom stereocenters. The Morgan fingerprint density at radius 1 is 1.16 bits per heavy atom. The highest BCUT2D eigenvalue weighted by atomic mass is 32.2. The van der Waals surface area contributed by atoms with E-state index in [1.165, 1.54) is 4.90 Å². The summed E-state index contributed by atoms with van der Waals surface area (Å²) >= 11 is 1.73. The fourth-order valence-corrected chi connectivity index (χ4v) is 3.02. The van der Waals surface area contributed by atoms with Gasteiger partial charge in [0, 0.05) is 18.3 Å². The Bertz CT molecular complexity index is 453. The molecule has 2 rings (SSSR count). The highest BCUT2D eigenvalue weighted by molar-refractivity contribution is 7.99. The van der Waals surface area contributed by atoms with Crippen LogP contribution in [0, 0.1) is 0 Å². The average molecular weight is 278 g/mol. The third-order valence-corrected chi connectivity index (χ3v) is 4.05. The van der Waals surface area contributed by atoms with Crippen molar-refractivity contribution in [3.05, 3.63) is 35.4 Å². The molecule has 5 heteroatoms. The molecular formula is C14H18N2O2S. The minimum atomic E-state index is -0.173. The first-order chi connectivity index (χ1) is 9.11. The van der Waals surface area contributed by atoms with Crippen molar-refractivity contribution in [3.63, 3.8) is 0 Å². The summed E-state index contributed by atoms with van der Waals surface area (Å²) in [6.07, 6.45) is 0.951. The first-order valence-corrected chi connectivity index (χ1v) is 7.55. The number of rotatable bonds is 6. The van der Waals surface area contributed by atoms with E-state index < -0.39 is 0 Å². The Morgan fingerprint density at radius 2 is 1.74 bits per heavy atom. The number of hydrogen-bond acceptors (Lipinski definition) is 4. The lowest BCUT2D eigenvalue weighted by molar-refractivity contribution is 0.0664. The normalized spacial score (nSPS) is 15.8. The van der Waals surface area contributed by atoms with Crippen molar-refractivity contribution >= 4 is 23.6 Å². The van der Waals surface area contributed by atoms with Crippen molar-refractivity contribution in [2.45, 2.75) is 19.4 Å². The number of imide groups is 1. The van der Waals surface area contributed by atoms with Gasteiger partial charge in [0.1, 0.15) is 0 Å². The van der Waals surface area contributed by atoms with E-state index in [0.717, 1.165) is 17.9 Å². The summed E-state index contributed by atoms with van der Waals surface area (Å²) in [6, 6.07) is 7.18. The molecule has 0 bridgehead atoms. The van der Waals surface area contributed by atoms with Crippen LogP contribution in [0.2, 0.25) is 0 Å². The van der Waals surface area contributed by atoms with Crippen LogP contribution in [0.4, 0.5) is 0 Å². The van der Waals surface area contributed by atoms with Gasteiger partial charge < -0.3 is 5.73 Å². The average Bonchev–Trinajstić information content (AvgIpc) is 2.63. The van der Waals surface area contributed by atoms with E-state index in [1.807, 2.05) is 6.92 Å². The summed E-state index contributed by atoms with van der Waals surface area (Å²) < 4.78 is 0. The maximum atomic E-state index is 12.1.